The van der Waals surface area contributed by atoms with Crippen molar-refractivity contribution in [1.82, 2.24) is 9.55 Å². The van der Waals surface area contributed by atoms with Gasteiger partial charge >= 0.3 is 0 Å². The lowest BCUT2D eigenvalue weighted by Crippen LogP contribution is -2.09. The molecule has 1 aliphatic rings. The lowest BCUT2D eigenvalue weighted by Gasteiger charge is -2.18. The van der Waals surface area contributed by atoms with Crippen LogP contribution < -0.4 is 0 Å². The maximum absolute atomic E-state index is 12.9. The molecule has 1 heterocycles. The Bertz CT molecular complexity index is 735. The maximum atomic E-state index is 12.9. The average molecular weight is 379 g/mol. The number of imidazole rings is 1. The Kier molecular flexibility index (Phi) is 8.07. The third kappa shape index (κ3) is 5.67. The van der Waals surface area contributed by atoms with Crippen LogP contribution in [0.5, 0.6) is 0 Å². The quantitative estimate of drug-likeness (QED) is 0.429. The predicted octanol–water partition coefficient (Wildman–Crippen LogP) is 6.69. The smallest absolute Gasteiger partial charge is 0.212 e. The van der Waals surface area contributed by atoms with Gasteiger partial charge in [-0.15, -0.1) is 6.58 Å². The molecule has 150 valence electrons. The summed E-state index contributed by atoms with van der Waals surface area (Å²) in [5, 5.41) is 0. The summed E-state index contributed by atoms with van der Waals surface area (Å²) in [4.78, 5) is 17.8. The standard InChI is InChI=1S/C25H34N2O/c1-2-19-27-20-23(24(28)21-15-13-10-14-16-21)26-25(27)22-17-11-8-6-4-3-5-7-9-12-18-22/h2,10,13-16,20,22H,1,3-9,11-12,17-19H2. The SMILES string of the molecule is C=CCn1cc(C(=O)c2ccccc2)nc1C1CCCCCCCCCCC1. The van der Waals surface area contributed by atoms with Crippen LogP contribution in [0.4, 0.5) is 0 Å². The molecule has 3 heteroatoms. The number of carbonyl (C=O) groups excluding carboxylic acids is 1. The Morgan fingerprint density at radius 2 is 1.54 bits per heavy atom. The molecule has 0 radical (unpaired) electrons. The fourth-order valence-corrected chi connectivity index (χ4v) is 4.31. The van der Waals surface area contributed by atoms with E-state index >= 15 is 0 Å². The Balaban J connectivity index is 1.81. The highest BCUT2D eigenvalue weighted by molar-refractivity contribution is 6.07. The van der Waals surface area contributed by atoms with Gasteiger partial charge in [-0.3, -0.25) is 4.79 Å². The minimum absolute atomic E-state index is 0.0119. The first-order chi connectivity index (χ1) is 13.8. The number of carbonyl (C=O) groups is 1. The van der Waals surface area contributed by atoms with Crippen LogP contribution in [0.1, 0.15) is 98.4 Å². The van der Waals surface area contributed by atoms with Crippen LogP contribution in [-0.2, 0) is 6.54 Å². The molecule has 0 atom stereocenters. The third-order valence-corrected chi connectivity index (χ3v) is 5.87. The highest BCUT2D eigenvalue weighted by atomic mass is 16.1. The van der Waals surface area contributed by atoms with E-state index in [2.05, 4.69) is 11.1 Å². The maximum Gasteiger partial charge on any atom is 0.212 e. The second-order valence-corrected chi connectivity index (χ2v) is 8.08. The molecule has 3 rings (SSSR count). The highest BCUT2D eigenvalue weighted by Gasteiger charge is 2.21. The summed E-state index contributed by atoms with van der Waals surface area (Å²) in [6, 6.07) is 9.47. The van der Waals surface area contributed by atoms with Crippen molar-refractivity contribution in [2.75, 3.05) is 0 Å². The molecule has 0 saturated heterocycles. The van der Waals surface area contributed by atoms with Gasteiger partial charge in [-0.25, -0.2) is 4.98 Å². The van der Waals surface area contributed by atoms with Crippen LogP contribution in [0.2, 0.25) is 0 Å². The first-order valence-corrected chi connectivity index (χ1v) is 11.1. The van der Waals surface area contributed by atoms with Gasteiger partial charge in [-0.05, 0) is 12.8 Å². The summed E-state index contributed by atoms with van der Waals surface area (Å²) < 4.78 is 2.15. The van der Waals surface area contributed by atoms with Gasteiger partial charge in [0.05, 0.1) is 0 Å². The van der Waals surface area contributed by atoms with Crippen molar-refractivity contribution in [2.45, 2.75) is 83.1 Å². The zero-order valence-corrected chi connectivity index (χ0v) is 17.1. The molecule has 0 amide bonds. The minimum atomic E-state index is 0.0119. The van der Waals surface area contributed by atoms with Gasteiger partial charge in [0.2, 0.25) is 5.78 Å². The van der Waals surface area contributed by atoms with Crippen molar-refractivity contribution in [3.05, 3.63) is 66.3 Å². The van der Waals surface area contributed by atoms with Crippen LogP contribution in [0, 0.1) is 0 Å². The normalized spacial score (nSPS) is 17.4. The van der Waals surface area contributed by atoms with E-state index in [0.29, 0.717) is 23.7 Å². The van der Waals surface area contributed by atoms with E-state index in [1.165, 1.54) is 70.6 Å². The fourth-order valence-electron chi connectivity index (χ4n) is 4.31. The Hall–Kier alpha value is -2.16. The first kappa shape index (κ1) is 20.6. The summed E-state index contributed by atoms with van der Waals surface area (Å²) in [5.41, 5.74) is 1.27. The second kappa shape index (κ2) is 11.0. The van der Waals surface area contributed by atoms with Crippen LogP contribution in [0.3, 0.4) is 0 Å². The molecule has 1 aromatic heterocycles. The van der Waals surface area contributed by atoms with Crippen LogP contribution >= 0.6 is 0 Å². The summed E-state index contributed by atoms with van der Waals surface area (Å²) >= 11 is 0. The van der Waals surface area contributed by atoms with Gasteiger partial charge in [0.25, 0.3) is 0 Å². The topological polar surface area (TPSA) is 34.9 Å². The number of benzene rings is 1. The van der Waals surface area contributed by atoms with Crippen molar-refractivity contribution >= 4 is 5.78 Å². The number of ketones is 1. The highest BCUT2D eigenvalue weighted by Crippen LogP contribution is 2.29. The average Bonchev–Trinajstić information content (AvgIpc) is 3.13. The Labute approximate surface area is 169 Å². The summed E-state index contributed by atoms with van der Waals surface area (Å²) in [7, 11) is 0. The predicted molar refractivity (Wildman–Crippen MR) is 116 cm³/mol. The van der Waals surface area contributed by atoms with E-state index in [1.54, 1.807) is 0 Å². The van der Waals surface area contributed by atoms with E-state index in [1.807, 2.05) is 42.6 Å². The molecular formula is C25H34N2O. The zero-order chi connectivity index (χ0) is 19.6. The van der Waals surface area contributed by atoms with E-state index in [4.69, 9.17) is 4.98 Å². The zero-order valence-electron chi connectivity index (χ0n) is 17.1. The number of hydrogen-bond donors (Lipinski definition) is 0. The molecule has 0 spiro atoms. The molecule has 28 heavy (non-hydrogen) atoms. The number of aromatic nitrogens is 2. The van der Waals surface area contributed by atoms with E-state index in [0.717, 1.165) is 5.82 Å². The lowest BCUT2D eigenvalue weighted by atomic mass is 9.92. The Morgan fingerprint density at radius 3 is 2.11 bits per heavy atom. The molecule has 0 aliphatic heterocycles. The summed E-state index contributed by atoms with van der Waals surface area (Å²) in [6.45, 7) is 4.61. The third-order valence-electron chi connectivity index (χ3n) is 5.87. The number of nitrogens with zero attached hydrogens (tertiary/aromatic N) is 2. The van der Waals surface area contributed by atoms with Crippen molar-refractivity contribution in [3.8, 4) is 0 Å². The van der Waals surface area contributed by atoms with Crippen LogP contribution in [0.25, 0.3) is 0 Å². The fraction of sp³-hybridized carbons (Fsp3) is 0.520. The molecule has 1 fully saturated rings. The number of rotatable bonds is 5. The molecule has 3 nitrogen and oxygen atoms in total. The van der Waals surface area contributed by atoms with Gasteiger partial charge in [-0.1, -0.05) is 94.2 Å². The summed E-state index contributed by atoms with van der Waals surface area (Å²) in [6.07, 6.45) is 18.2. The van der Waals surface area contributed by atoms with E-state index in [-0.39, 0.29) is 5.78 Å². The minimum Gasteiger partial charge on any atom is -0.330 e. The molecule has 1 aromatic carbocycles. The largest absolute Gasteiger partial charge is 0.330 e. The van der Waals surface area contributed by atoms with E-state index < -0.39 is 0 Å². The Morgan fingerprint density at radius 1 is 0.964 bits per heavy atom. The van der Waals surface area contributed by atoms with Gasteiger partial charge in [0.15, 0.2) is 0 Å². The monoisotopic (exact) mass is 378 g/mol. The molecule has 0 unspecified atom stereocenters. The van der Waals surface area contributed by atoms with Gasteiger partial charge in [-0.2, -0.15) is 0 Å². The molecule has 1 aliphatic carbocycles. The number of allylic oxidation sites excluding steroid dienone is 1. The van der Waals surface area contributed by atoms with Crippen molar-refractivity contribution < 1.29 is 4.79 Å². The second-order valence-electron chi connectivity index (χ2n) is 8.08. The molecule has 0 N–H and O–H groups in total. The van der Waals surface area contributed by atoms with Crippen LogP contribution in [-0.4, -0.2) is 15.3 Å². The van der Waals surface area contributed by atoms with Gasteiger partial charge in [0.1, 0.15) is 11.5 Å². The van der Waals surface area contributed by atoms with Gasteiger partial charge in [0, 0.05) is 24.2 Å². The molecule has 2 aromatic rings. The molecule has 0 bridgehead atoms. The molecule has 1 saturated carbocycles. The summed E-state index contributed by atoms with van der Waals surface area (Å²) in [5.74, 6) is 1.53. The molecular weight excluding hydrogens is 344 g/mol. The lowest BCUT2D eigenvalue weighted by molar-refractivity contribution is 0.103. The number of hydrogen-bond acceptors (Lipinski definition) is 2. The van der Waals surface area contributed by atoms with Crippen molar-refractivity contribution in [3.63, 3.8) is 0 Å². The van der Waals surface area contributed by atoms with Crippen molar-refractivity contribution in [2.24, 2.45) is 0 Å². The van der Waals surface area contributed by atoms with Crippen LogP contribution in [0.15, 0.2) is 49.2 Å². The van der Waals surface area contributed by atoms with Gasteiger partial charge < -0.3 is 4.57 Å². The first-order valence-electron chi connectivity index (χ1n) is 11.1. The van der Waals surface area contributed by atoms with E-state index in [9.17, 15) is 4.79 Å². The van der Waals surface area contributed by atoms with Crippen molar-refractivity contribution in [1.29, 1.82) is 0 Å².